The molecular formula is C18H26N4O2. The second-order valence-electron chi connectivity index (χ2n) is 7.02. The summed E-state index contributed by atoms with van der Waals surface area (Å²) in [7, 11) is 2.06. The van der Waals surface area contributed by atoms with Gasteiger partial charge in [-0.05, 0) is 37.9 Å². The fourth-order valence-electron chi connectivity index (χ4n) is 3.41. The molecule has 0 saturated carbocycles. The summed E-state index contributed by atoms with van der Waals surface area (Å²) >= 11 is 0. The normalized spacial score (nSPS) is 22.5. The smallest absolute Gasteiger partial charge is 0.272 e. The standard InChI is InChI=1S/C18H26N4O2/c1-14-4-3-7-22(13-14)18(24)16-12-15(5-6-19-16)17(23)21-10-8-20(2)9-11-21/h5-6,12,14H,3-4,7-11,13H2,1-2H3. The summed E-state index contributed by atoms with van der Waals surface area (Å²) in [5.74, 6) is 0.457. The van der Waals surface area contributed by atoms with E-state index in [0.29, 0.717) is 17.2 Å². The zero-order valence-corrected chi connectivity index (χ0v) is 14.6. The quantitative estimate of drug-likeness (QED) is 0.821. The largest absolute Gasteiger partial charge is 0.337 e. The van der Waals surface area contributed by atoms with Gasteiger partial charge < -0.3 is 14.7 Å². The fourth-order valence-corrected chi connectivity index (χ4v) is 3.41. The van der Waals surface area contributed by atoms with E-state index >= 15 is 0 Å². The van der Waals surface area contributed by atoms with Gasteiger partial charge in [-0.3, -0.25) is 14.6 Å². The predicted molar refractivity (Wildman–Crippen MR) is 91.9 cm³/mol. The zero-order chi connectivity index (χ0) is 17.1. The van der Waals surface area contributed by atoms with Crippen molar-refractivity contribution in [2.75, 3.05) is 46.3 Å². The Balaban J connectivity index is 1.71. The third-order valence-corrected chi connectivity index (χ3v) is 4.96. The molecule has 130 valence electrons. The summed E-state index contributed by atoms with van der Waals surface area (Å²) in [4.78, 5) is 35.5. The first kappa shape index (κ1) is 16.9. The third-order valence-electron chi connectivity index (χ3n) is 4.96. The Labute approximate surface area is 143 Å². The molecule has 1 aromatic heterocycles. The molecule has 2 aliphatic rings. The van der Waals surface area contributed by atoms with E-state index in [1.165, 1.54) is 6.42 Å². The first-order chi connectivity index (χ1) is 11.5. The van der Waals surface area contributed by atoms with Gasteiger partial charge in [-0.25, -0.2) is 0 Å². The molecule has 0 bridgehead atoms. The Morgan fingerprint density at radius 3 is 2.54 bits per heavy atom. The first-order valence-electron chi connectivity index (χ1n) is 8.78. The van der Waals surface area contributed by atoms with Gasteiger partial charge in [-0.1, -0.05) is 6.92 Å². The van der Waals surface area contributed by atoms with Crippen LogP contribution in [0, 0.1) is 5.92 Å². The number of nitrogens with zero attached hydrogens (tertiary/aromatic N) is 4. The van der Waals surface area contributed by atoms with Crippen molar-refractivity contribution in [2.24, 2.45) is 5.92 Å². The van der Waals surface area contributed by atoms with Crippen molar-refractivity contribution in [2.45, 2.75) is 19.8 Å². The van der Waals surface area contributed by atoms with Crippen molar-refractivity contribution in [3.63, 3.8) is 0 Å². The van der Waals surface area contributed by atoms with Gasteiger partial charge in [0.2, 0.25) is 0 Å². The lowest BCUT2D eigenvalue weighted by Gasteiger charge is -2.32. The number of hydrogen-bond donors (Lipinski definition) is 0. The number of pyridine rings is 1. The lowest BCUT2D eigenvalue weighted by molar-refractivity contribution is 0.0663. The molecular weight excluding hydrogens is 304 g/mol. The van der Waals surface area contributed by atoms with Crippen molar-refractivity contribution in [1.29, 1.82) is 0 Å². The molecule has 3 heterocycles. The van der Waals surface area contributed by atoms with Crippen LogP contribution in [0.4, 0.5) is 0 Å². The van der Waals surface area contributed by atoms with Gasteiger partial charge in [0.1, 0.15) is 5.69 Å². The van der Waals surface area contributed by atoms with Crippen LogP contribution in [0.2, 0.25) is 0 Å². The molecule has 1 atom stereocenters. The van der Waals surface area contributed by atoms with E-state index in [1.54, 1.807) is 18.3 Å². The van der Waals surface area contributed by atoms with Crippen LogP contribution in [-0.2, 0) is 0 Å². The zero-order valence-electron chi connectivity index (χ0n) is 14.6. The van der Waals surface area contributed by atoms with Crippen LogP contribution in [-0.4, -0.2) is 77.8 Å². The van der Waals surface area contributed by atoms with Crippen molar-refractivity contribution in [3.05, 3.63) is 29.6 Å². The van der Waals surface area contributed by atoms with Crippen LogP contribution in [0.25, 0.3) is 0 Å². The van der Waals surface area contributed by atoms with Gasteiger partial charge in [0.15, 0.2) is 0 Å². The lowest BCUT2D eigenvalue weighted by Crippen LogP contribution is -2.47. The fraction of sp³-hybridized carbons (Fsp3) is 0.611. The highest BCUT2D eigenvalue weighted by atomic mass is 16.2. The third kappa shape index (κ3) is 3.75. The number of hydrogen-bond acceptors (Lipinski definition) is 4. The Morgan fingerprint density at radius 2 is 1.83 bits per heavy atom. The summed E-state index contributed by atoms with van der Waals surface area (Å²) in [5, 5.41) is 0. The summed E-state index contributed by atoms with van der Waals surface area (Å²) < 4.78 is 0. The number of aromatic nitrogens is 1. The number of rotatable bonds is 2. The molecule has 2 amide bonds. The average Bonchev–Trinajstić information content (AvgIpc) is 2.61. The molecule has 0 N–H and O–H groups in total. The summed E-state index contributed by atoms with van der Waals surface area (Å²) in [6, 6.07) is 3.36. The van der Waals surface area contributed by atoms with Crippen LogP contribution < -0.4 is 0 Å². The molecule has 2 fully saturated rings. The highest BCUT2D eigenvalue weighted by molar-refractivity contribution is 5.98. The molecule has 0 aliphatic carbocycles. The van der Waals surface area contributed by atoms with E-state index in [4.69, 9.17) is 0 Å². The number of likely N-dealkylation sites (N-methyl/N-ethyl adjacent to an activating group) is 1. The number of amides is 2. The molecule has 1 unspecified atom stereocenters. The molecule has 2 saturated heterocycles. The minimum atomic E-state index is -0.0606. The number of piperidine rings is 1. The molecule has 3 rings (SSSR count). The number of piperazine rings is 1. The minimum absolute atomic E-state index is 0.00781. The van der Waals surface area contributed by atoms with Crippen molar-refractivity contribution < 1.29 is 9.59 Å². The topological polar surface area (TPSA) is 56.8 Å². The van der Waals surface area contributed by atoms with E-state index in [-0.39, 0.29) is 11.8 Å². The van der Waals surface area contributed by atoms with Crippen molar-refractivity contribution in [1.82, 2.24) is 19.7 Å². The summed E-state index contributed by atoms with van der Waals surface area (Å²) in [6.45, 7) is 6.94. The Hall–Kier alpha value is -1.95. The molecule has 6 nitrogen and oxygen atoms in total. The van der Waals surface area contributed by atoms with Crippen LogP contribution in [0.15, 0.2) is 18.3 Å². The van der Waals surface area contributed by atoms with Gasteiger partial charge >= 0.3 is 0 Å². The van der Waals surface area contributed by atoms with E-state index in [9.17, 15) is 9.59 Å². The van der Waals surface area contributed by atoms with Crippen molar-refractivity contribution >= 4 is 11.8 Å². The second-order valence-corrected chi connectivity index (χ2v) is 7.02. The molecule has 2 aliphatic heterocycles. The van der Waals surface area contributed by atoms with Gasteiger partial charge in [0.05, 0.1) is 0 Å². The highest BCUT2D eigenvalue weighted by Gasteiger charge is 2.25. The van der Waals surface area contributed by atoms with Gasteiger partial charge in [0, 0.05) is 51.0 Å². The molecule has 24 heavy (non-hydrogen) atoms. The first-order valence-corrected chi connectivity index (χ1v) is 8.78. The maximum Gasteiger partial charge on any atom is 0.272 e. The highest BCUT2D eigenvalue weighted by Crippen LogP contribution is 2.18. The van der Waals surface area contributed by atoms with Gasteiger partial charge in [0.25, 0.3) is 11.8 Å². The van der Waals surface area contributed by atoms with Crippen LogP contribution in [0.3, 0.4) is 0 Å². The Bertz CT molecular complexity index is 611. The van der Waals surface area contributed by atoms with Crippen LogP contribution >= 0.6 is 0 Å². The Kier molecular flexibility index (Phi) is 5.14. The maximum atomic E-state index is 12.7. The Morgan fingerprint density at radius 1 is 1.08 bits per heavy atom. The van der Waals surface area contributed by atoms with E-state index in [0.717, 1.165) is 45.7 Å². The molecule has 0 spiro atoms. The monoisotopic (exact) mass is 330 g/mol. The van der Waals surface area contributed by atoms with Crippen molar-refractivity contribution in [3.8, 4) is 0 Å². The lowest BCUT2D eigenvalue weighted by atomic mass is 10.00. The average molecular weight is 330 g/mol. The minimum Gasteiger partial charge on any atom is -0.337 e. The van der Waals surface area contributed by atoms with E-state index in [2.05, 4.69) is 23.9 Å². The SMILES string of the molecule is CC1CCCN(C(=O)c2cc(C(=O)N3CCN(C)CC3)ccn2)C1. The molecule has 0 aromatic carbocycles. The molecule has 1 aromatic rings. The van der Waals surface area contributed by atoms with Crippen LogP contribution in [0.1, 0.15) is 40.6 Å². The molecule has 6 heteroatoms. The summed E-state index contributed by atoms with van der Waals surface area (Å²) in [5.41, 5.74) is 0.937. The number of likely N-dealkylation sites (tertiary alicyclic amines) is 1. The second kappa shape index (κ2) is 7.30. The van der Waals surface area contributed by atoms with Gasteiger partial charge in [-0.15, -0.1) is 0 Å². The molecule has 0 radical (unpaired) electrons. The van der Waals surface area contributed by atoms with Crippen LogP contribution in [0.5, 0.6) is 0 Å². The number of carbonyl (C=O) groups excluding carboxylic acids is 2. The predicted octanol–water partition coefficient (Wildman–Crippen LogP) is 1.34. The van der Waals surface area contributed by atoms with Gasteiger partial charge in [-0.2, -0.15) is 0 Å². The maximum absolute atomic E-state index is 12.7. The number of carbonyl (C=O) groups is 2. The summed E-state index contributed by atoms with van der Waals surface area (Å²) in [6.07, 6.45) is 3.77. The van der Waals surface area contributed by atoms with E-state index < -0.39 is 0 Å². The van der Waals surface area contributed by atoms with E-state index in [1.807, 2.05) is 9.80 Å².